The number of aliphatic hydroxyl groups is 4. The smallest absolute Gasteiger partial charge is 0.244 e. The van der Waals surface area contributed by atoms with E-state index in [1.54, 1.807) is 0 Å². The number of nitrogens with one attached hydrogen (secondary N) is 2. The maximum absolute atomic E-state index is 13.0. The molecule has 6 atom stereocenters. The molecule has 0 aromatic carbocycles. The molecule has 1 rings (SSSR count). The Morgan fingerprint density at radius 2 is 1.19 bits per heavy atom. The summed E-state index contributed by atoms with van der Waals surface area (Å²) in [6, 6.07) is -1.01. The fraction of sp³-hybridized carbons (Fsp3) is 0.939. The molecule has 0 aromatic heterocycles. The average Bonchev–Trinajstić information content (AvgIpc) is 3.00. The van der Waals surface area contributed by atoms with Gasteiger partial charge in [-0.15, -0.1) is 0 Å². The van der Waals surface area contributed by atoms with Crippen LogP contribution in [-0.2, 0) is 19.1 Å². The van der Waals surface area contributed by atoms with Crippen LogP contribution in [0.15, 0.2) is 0 Å². The molecule has 1 aliphatic heterocycles. The first kappa shape index (κ1) is 39.7. The number of hydrogen-bond acceptors (Lipinski definition) is 8. The number of ether oxygens (including phenoxy) is 2. The van der Waals surface area contributed by atoms with E-state index in [1.165, 1.54) is 77.0 Å². The van der Waals surface area contributed by atoms with Crippen LogP contribution in [0.25, 0.3) is 0 Å². The zero-order chi connectivity index (χ0) is 31.7. The molecule has 1 fully saturated rings. The Kier molecular flexibility index (Phi) is 24.0. The van der Waals surface area contributed by atoms with Crippen molar-refractivity contribution in [3.8, 4) is 0 Å². The molecule has 1 saturated heterocycles. The fourth-order valence-electron chi connectivity index (χ4n) is 5.39. The molecule has 6 N–H and O–H groups in total. The normalized spacial score (nSPS) is 22.8. The van der Waals surface area contributed by atoms with E-state index in [-0.39, 0.29) is 18.4 Å². The zero-order valence-electron chi connectivity index (χ0n) is 27.1. The SMILES string of the molecule is CCCCCCCCCCCCCCNC(=O)[C@H](CO[C@H]1O[C@H](CO)[C@H](O)[C@H](O)[C@H]1O)NC(=O)CCCCCCCCC. The molecular weight excluding hydrogens is 552 g/mol. The van der Waals surface area contributed by atoms with E-state index in [0.29, 0.717) is 13.0 Å². The number of carbonyl (C=O) groups is 2. The Morgan fingerprint density at radius 3 is 1.70 bits per heavy atom. The first-order chi connectivity index (χ1) is 20.8. The molecule has 2 amide bonds. The Bertz CT molecular complexity index is 696. The molecule has 0 unspecified atom stereocenters. The Labute approximate surface area is 260 Å². The molecule has 0 aliphatic carbocycles. The van der Waals surface area contributed by atoms with Gasteiger partial charge in [-0.2, -0.15) is 0 Å². The summed E-state index contributed by atoms with van der Waals surface area (Å²) in [5.41, 5.74) is 0. The predicted molar refractivity (Wildman–Crippen MR) is 168 cm³/mol. The third-order valence-electron chi connectivity index (χ3n) is 8.26. The molecule has 43 heavy (non-hydrogen) atoms. The summed E-state index contributed by atoms with van der Waals surface area (Å²) >= 11 is 0. The second kappa shape index (κ2) is 26.0. The monoisotopic (exact) mass is 616 g/mol. The molecule has 0 aromatic rings. The highest BCUT2D eigenvalue weighted by molar-refractivity contribution is 5.87. The fourth-order valence-corrected chi connectivity index (χ4v) is 5.39. The highest BCUT2D eigenvalue weighted by Gasteiger charge is 2.44. The van der Waals surface area contributed by atoms with Gasteiger partial charge in [0, 0.05) is 13.0 Å². The summed E-state index contributed by atoms with van der Waals surface area (Å²) in [4.78, 5) is 25.7. The van der Waals surface area contributed by atoms with E-state index < -0.39 is 43.4 Å². The minimum atomic E-state index is -1.58. The van der Waals surface area contributed by atoms with Crippen LogP contribution in [0.5, 0.6) is 0 Å². The molecule has 10 nitrogen and oxygen atoms in total. The molecule has 10 heteroatoms. The molecule has 254 valence electrons. The van der Waals surface area contributed by atoms with Crippen LogP contribution in [0.4, 0.5) is 0 Å². The van der Waals surface area contributed by atoms with Gasteiger partial charge in [0.05, 0.1) is 13.2 Å². The lowest BCUT2D eigenvalue weighted by molar-refractivity contribution is -0.301. The van der Waals surface area contributed by atoms with Crippen LogP contribution in [0.3, 0.4) is 0 Å². The Morgan fingerprint density at radius 1 is 0.698 bits per heavy atom. The summed E-state index contributed by atoms with van der Waals surface area (Å²) in [5.74, 6) is -0.642. The first-order valence-corrected chi connectivity index (χ1v) is 17.3. The number of amides is 2. The minimum absolute atomic E-state index is 0.253. The van der Waals surface area contributed by atoms with Crippen molar-refractivity contribution >= 4 is 11.8 Å². The second-order valence-electron chi connectivity index (χ2n) is 12.2. The third kappa shape index (κ3) is 18.3. The van der Waals surface area contributed by atoms with Crippen LogP contribution < -0.4 is 10.6 Å². The van der Waals surface area contributed by atoms with Crippen molar-refractivity contribution in [2.75, 3.05) is 19.8 Å². The van der Waals surface area contributed by atoms with Crippen molar-refractivity contribution < 1.29 is 39.5 Å². The van der Waals surface area contributed by atoms with Gasteiger partial charge in [0.2, 0.25) is 11.8 Å². The minimum Gasteiger partial charge on any atom is -0.394 e. The number of unbranched alkanes of at least 4 members (excludes halogenated alkanes) is 17. The van der Waals surface area contributed by atoms with Gasteiger partial charge >= 0.3 is 0 Å². The average molecular weight is 617 g/mol. The predicted octanol–water partition coefficient (Wildman–Crippen LogP) is 4.25. The molecular formula is C33H64N2O8. The summed E-state index contributed by atoms with van der Waals surface area (Å²) in [6.07, 6.45) is 15.4. The lowest BCUT2D eigenvalue weighted by atomic mass is 9.99. The van der Waals surface area contributed by atoms with E-state index in [9.17, 15) is 30.0 Å². The van der Waals surface area contributed by atoms with Crippen molar-refractivity contribution in [2.45, 2.75) is 179 Å². The van der Waals surface area contributed by atoms with Gasteiger partial charge in [-0.25, -0.2) is 0 Å². The lowest BCUT2D eigenvalue weighted by Crippen LogP contribution is -2.60. The number of aliphatic hydroxyl groups excluding tert-OH is 4. The Hall–Kier alpha value is -1.30. The first-order valence-electron chi connectivity index (χ1n) is 17.3. The molecule has 0 saturated carbocycles. The van der Waals surface area contributed by atoms with Crippen LogP contribution >= 0.6 is 0 Å². The van der Waals surface area contributed by atoms with E-state index in [4.69, 9.17) is 9.47 Å². The van der Waals surface area contributed by atoms with Crippen molar-refractivity contribution in [2.24, 2.45) is 0 Å². The molecule has 0 radical (unpaired) electrons. The quantitative estimate of drug-likeness (QED) is 0.0748. The van der Waals surface area contributed by atoms with Crippen LogP contribution in [0.1, 0.15) is 142 Å². The molecule has 0 spiro atoms. The summed E-state index contributed by atoms with van der Waals surface area (Å²) in [6.45, 7) is 4.03. The van der Waals surface area contributed by atoms with Crippen molar-refractivity contribution in [3.05, 3.63) is 0 Å². The van der Waals surface area contributed by atoms with Gasteiger partial charge in [-0.3, -0.25) is 9.59 Å². The number of hydrogen-bond donors (Lipinski definition) is 6. The summed E-state index contributed by atoms with van der Waals surface area (Å²) < 4.78 is 11.0. The van der Waals surface area contributed by atoms with Gasteiger partial charge < -0.3 is 40.5 Å². The van der Waals surface area contributed by atoms with Crippen LogP contribution in [-0.4, -0.2) is 88.7 Å². The third-order valence-corrected chi connectivity index (χ3v) is 8.26. The van der Waals surface area contributed by atoms with Gasteiger partial charge in [-0.05, 0) is 12.8 Å². The standard InChI is InChI=1S/C33H64N2O8/c1-3-5-7-9-11-12-13-14-15-17-19-21-23-34-32(41)26(35-28(37)22-20-18-16-10-8-6-4-2)25-42-33-31(40)30(39)29(38)27(24-36)43-33/h26-27,29-31,33,36,38-40H,3-25H2,1-2H3,(H,34,41)(H,35,37)/t26-,27+,29-,30-,31+,33-/m0/s1. The highest BCUT2D eigenvalue weighted by Crippen LogP contribution is 2.22. The van der Waals surface area contributed by atoms with Crippen LogP contribution in [0, 0.1) is 0 Å². The van der Waals surface area contributed by atoms with Gasteiger partial charge in [0.25, 0.3) is 0 Å². The van der Waals surface area contributed by atoms with Gasteiger partial charge in [-0.1, -0.05) is 123 Å². The molecule has 1 aliphatic rings. The van der Waals surface area contributed by atoms with E-state index in [1.807, 2.05) is 0 Å². The van der Waals surface area contributed by atoms with Crippen molar-refractivity contribution in [1.29, 1.82) is 0 Å². The van der Waals surface area contributed by atoms with Gasteiger partial charge in [0.1, 0.15) is 30.5 Å². The van der Waals surface area contributed by atoms with E-state index >= 15 is 0 Å². The summed E-state index contributed by atoms with van der Waals surface area (Å²) in [7, 11) is 0. The topological polar surface area (TPSA) is 158 Å². The van der Waals surface area contributed by atoms with Crippen molar-refractivity contribution in [3.63, 3.8) is 0 Å². The maximum atomic E-state index is 13.0. The molecule has 0 bridgehead atoms. The van der Waals surface area contributed by atoms with E-state index in [0.717, 1.165) is 44.9 Å². The van der Waals surface area contributed by atoms with Gasteiger partial charge in [0.15, 0.2) is 6.29 Å². The Balaban J connectivity index is 2.44. The highest BCUT2D eigenvalue weighted by atomic mass is 16.7. The number of rotatable bonds is 27. The van der Waals surface area contributed by atoms with Crippen molar-refractivity contribution in [1.82, 2.24) is 10.6 Å². The maximum Gasteiger partial charge on any atom is 0.244 e. The zero-order valence-corrected chi connectivity index (χ0v) is 27.1. The second-order valence-corrected chi connectivity index (χ2v) is 12.2. The summed E-state index contributed by atoms with van der Waals surface area (Å²) in [5, 5.41) is 45.4. The van der Waals surface area contributed by atoms with E-state index in [2.05, 4.69) is 24.5 Å². The largest absolute Gasteiger partial charge is 0.394 e. The number of carbonyl (C=O) groups excluding carboxylic acids is 2. The van der Waals surface area contributed by atoms with Crippen LogP contribution in [0.2, 0.25) is 0 Å². The molecule has 1 heterocycles. The lowest BCUT2D eigenvalue weighted by Gasteiger charge is -2.39.